The SMILES string of the molecule is C[C@H]1CCCC[C@H]1NC(=O)N[C@@H]1CC(=O)N(c2ccccc2)C1. The van der Waals surface area contributed by atoms with Gasteiger partial charge in [-0.25, -0.2) is 4.79 Å². The van der Waals surface area contributed by atoms with E-state index in [0.717, 1.165) is 12.1 Å². The Balaban J connectivity index is 1.53. The normalized spacial score (nSPS) is 27.8. The Morgan fingerprint density at radius 3 is 2.61 bits per heavy atom. The molecule has 2 N–H and O–H groups in total. The number of hydrogen-bond donors (Lipinski definition) is 2. The van der Waals surface area contributed by atoms with Crippen molar-refractivity contribution >= 4 is 17.6 Å². The average molecular weight is 315 g/mol. The van der Waals surface area contributed by atoms with E-state index in [1.54, 1.807) is 4.90 Å². The second-order valence-electron chi connectivity index (χ2n) is 6.73. The summed E-state index contributed by atoms with van der Waals surface area (Å²) in [5.41, 5.74) is 0.892. The molecule has 3 amide bonds. The average Bonchev–Trinajstić information content (AvgIpc) is 2.91. The lowest BCUT2D eigenvalue weighted by Gasteiger charge is -2.30. The Bertz CT molecular complexity index is 561. The van der Waals surface area contributed by atoms with E-state index in [2.05, 4.69) is 17.6 Å². The van der Waals surface area contributed by atoms with Crippen molar-refractivity contribution in [2.45, 2.75) is 51.1 Å². The molecule has 124 valence electrons. The highest BCUT2D eigenvalue weighted by Crippen LogP contribution is 2.24. The smallest absolute Gasteiger partial charge is 0.315 e. The monoisotopic (exact) mass is 315 g/mol. The zero-order valence-corrected chi connectivity index (χ0v) is 13.6. The maximum atomic E-state index is 12.2. The van der Waals surface area contributed by atoms with Crippen molar-refractivity contribution < 1.29 is 9.59 Å². The van der Waals surface area contributed by atoms with Gasteiger partial charge in [-0.15, -0.1) is 0 Å². The zero-order valence-electron chi connectivity index (χ0n) is 13.6. The summed E-state index contributed by atoms with van der Waals surface area (Å²) < 4.78 is 0. The first-order valence-electron chi connectivity index (χ1n) is 8.56. The molecule has 1 saturated carbocycles. The van der Waals surface area contributed by atoms with Crippen molar-refractivity contribution in [3.05, 3.63) is 30.3 Å². The van der Waals surface area contributed by atoms with Gasteiger partial charge < -0.3 is 15.5 Å². The third-order valence-electron chi connectivity index (χ3n) is 4.96. The van der Waals surface area contributed by atoms with Gasteiger partial charge in [-0.3, -0.25) is 4.79 Å². The molecule has 1 saturated heterocycles. The molecule has 0 aromatic heterocycles. The largest absolute Gasteiger partial charge is 0.335 e. The first-order chi connectivity index (χ1) is 11.1. The van der Waals surface area contributed by atoms with Gasteiger partial charge in [0.05, 0.1) is 6.04 Å². The van der Waals surface area contributed by atoms with Gasteiger partial charge in [0.1, 0.15) is 0 Å². The predicted molar refractivity (Wildman–Crippen MR) is 90.3 cm³/mol. The summed E-state index contributed by atoms with van der Waals surface area (Å²) in [6.45, 7) is 2.73. The van der Waals surface area contributed by atoms with Gasteiger partial charge in [-0.1, -0.05) is 38.0 Å². The highest BCUT2D eigenvalue weighted by Gasteiger charge is 2.32. The van der Waals surface area contributed by atoms with Crippen molar-refractivity contribution in [1.82, 2.24) is 10.6 Å². The Hall–Kier alpha value is -2.04. The Labute approximate surface area is 137 Å². The second-order valence-corrected chi connectivity index (χ2v) is 6.73. The number of anilines is 1. The molecule has 5 nitrogen and oxygen atoms in total. The molecule has 23 heavy (non-hydrogen) atoms. The maximum Gasteiger partial charge on any atom is 0.315 e. The van der Waals surface area contributed by atoms with Gasteiger partial charge in [-0.05, 0) is 30.9 Å². The predicted octanol–water partition coefficient (Wildman–Crippen LogP) is 2.67. The summed E-state index contributed by atoms with van der Waals surface area (Å²) in [7, 11) is 0. The molecule has 1 heterocycles. The second kappa shape index (κ2) is 7.02. The van der Waals surface area contributed by atoms with Crippen molar-refractivity contribution in [2.24, 2.45) is 5.92 Å². The van der Waals surface area contributed by atoms with E-state index in [4.69, 9.17) is 0 Å². The van der Waals surface area contributed by atoms with E-state index in [0.29, 0.717) is 18.9 Å². The topological polar surface area (TPSA) is 61.4 Å². The van der Waals surface area contributed by atoms with E-state index in [-0.39, 0.29) is 24.0 Å². The van der Waals surface area contributed by atoms with Gasteiger partial charge in [0, 0.05) is 24.7 Å². The first-order valence-corrected chi connectivity index (χ1v) is 8.56. The first kappa shape index (κ1) is 15.8. The van der Waals surface area contributed by atoms with Gasteiger partial charge in [-0.2, -0.15) is 0 Å². The number of carbonyl (C=O) groups is 2. The number of hydrogen-bond acceptors (Lipinski definition) is 2. The number of carbonyl (C=O) groups excluding carboxylic acids is 2. The minimum absolute atomic E-state index is 0.0625. The minimum Gasteiger partial charge on any atom is -0.335 e. The Morgan fingerprint density at radius 2 is 1.87 bits per heavy atom. The highest BCUT2D eigenvalue weighted by molar-refractivity contribution is 5.96. The third-order valence-corrected chi connectivity index (χ3v) is 4.96. The van der Waals surface area contributed by atoms with Crippen molar-refractivity contribution in [3.8, 4) is 0 Å². The van der Waals surface area contributed by atoms with Crippen LogP contribution in [-0.4, -0.2) is 30.6 Å². The molecule has 1 aromatic carbocycles. The number of nitrogens with one attached hydrogen (secondary N) is 2. The molecule has 3 rings (SSSR count). The summed E-state index contributed by atoms with van der Waals surface area (Å²) >= 11 is 0. The van der Waals surface area contributed by atoms with Crippen molar-refractivity contribution in [1.29, 1.82) is 0 Å². The molecule has 1 aliphatic carbocycles. The van der Waals surface area contributed by atoms with E-state index in [9.17, 15) is 9.59 Å². The molecule has 3 atom stereocenters. The number of para-hydroxylation sites is 1. The number of amides is 3. The number of benzene rings is 1. The maximum absolute atomic E-state index is 12.2. The Morgan fingerprint density at radius 1 is 1.13 bits per heavy atom. The number of rotatable bonds is 3. The van der Waals surface area contributed by atoms with Gasteiger partial charge >= 0.3 is 6.03 Å². The van der Waals surface area contributed by atoms with E-state index < -0.39 is 0 Å². The van der Waals surface area contributed by atoms with Crippen LogP contribution in [0, 0.1) is 5.92 Å². The number of nitrogens with zero attached hydrogens (tertiary/aromatic N) is 1. The zero-order chi connectivity index (χ0) is 16.2. The van der Waals surface area contributed by atoms with Crippen LogP contribution in [0.25, 0.3) is 0 Å². The van der Waals surface area contributed by atoms with Gasteiger partial charge in [0.15, 0.2) is 0 Å². The highest BCUT2D eigenvalue weighted by atomic mass is 16.2. The van der Waals surface area contributed by atoms with Crippen LogP contribution in [0.3, 0.4) is 0 Å². The van der Waals surface area contributed by atoms with Crippen LogP contribution in [0.5, 0.6) is 0 Å². The molecule has 0 spiro atoms. The molecule has 0 radical (unpaired) electrons. The third kappa shape index (κ3) is 3.84. The standard InChI is InChI=1S/C18H25N3O2/c1-13-7-5-6-10-16(13)20-18(23)19-14-11-17(22)21(12-14)15-8-3-2-4-9-15/h2-4,8-9,13-14,16H,5-7,10-12H2,1H3,(H2,19,20,23)/t13-,14+,16+/m0/s1. The minimum atomic E-state index is -0.142. The van der Waals surface area contributed by atoms with Crippen LogP contribution in [-0.2, 0) is 4.79 Å². The summed E-state index contributed by atoms with van der Waals surface area (Å²) in [6.07, 6.45) is 5.02. The molecular formula is C18H25N3O2. The fourth-order valence-corrected chi connectivity index (χ4v) is 3.59. The molecule has 5 heteroatoms. The molecule has 2 fully saturated rings. The Kier molecular flexibility index (Phi) is 4.84. The van der Waals surface area contributed by atoms with Crippen LogP contribution in [0.4, 0.5) is 10.5 Å². The molecule has 2 aliphatic rings. The van der Waals surface area contributed by atoms with Crippen LogP contribution < -0.4 is 15.5 Å². The van der Waals surface area contributed by atoms with Gasteiger partial charge in [0.25, 0.3) is 0 Å². The fraction of sp³-hybridized carbons (Fsp3) is 0.556. The van der Waals surface area contributed by atoms with Crippen LogP contribution in [0.1, 0.15) is 39.0 Å². The quantitative estimate of drug-likeness (QED) is 0.901. The summed E-state index contributed by atoms with van der Waals surface area (Å²) in [4.78, 5) is 26.1. The molecule has 0 bridgehead atoms. The summed E-state index contributed by atoms with van der Waals surface area (Å²) in [5, 5.41) is 6.05. The lowest BCUT2D eigenvalue weighted by molar-refractivity contribution is -0.117. The lowest BCUT2D eigenvalue weighted by atomic mass is 9.86. The summed E-state index contributed by atoms with van der Waals surface area (Å²) in [6, 6.07) is 9.59. The number of urea groups is 1. The fourth-order valence-electron chi connectivity index (χ4n) is 3.59. The van der Waals surface area contributed by atoms with Crippen LogP contribution in [0.15, 0.2) is 30.3 Å². The van der Waals surface area contributed by atoms with Crippen LogP contribution in [0.2, 0.25) is 0 Å². The van der Waals surface area contributed by atoms with E-state index in [1.807, 2.05) is 30.3 Å². The molecule has 1 aromatic rings. The van der Waals surface area contributed by atoms with Crippen molar-refractivity contribution in [3.63, 3.8) is 0 Å². The lowest BCUT2D eigenvalue weighted by Crippen LogP contribution is -2.49. The van der Waals surface area contributed by atoms with Gasteiger partial charge in [0.2, 0.25) is 5.91 Å². The van der Waals surface area contributed by atoms with Crippen LogP contribution >= 0.6 is 0 Å². The molecular weight excluding hydrogens is 290 g/mol. The summed E-state index contributed by atoms with van der Waals surface area (Å²) in [5.74, 6) is 0.591. The van der Waals surface area contributed by atoms with E-state index in [1.165, 1.54) is 19.3 Å². The van der Waals surface area contributed by atoms with E-state index >= 15 is 0 Å². The molecule has 1 aliphatic heterocycles. The molecule has 0 unspecified atom stereocenters. The van der Waals surface area contributed by atoms with Crippen molar-refractivity contribution in [2.75, 3.05) is 11.4 Å².